The summed E-state index contributed by atoms with van der Waals surface area (Å²) in [6.45, 7) is -1.63. The van der Waals surface area contributed by atoms with Crippen LogP contribution in [0.15, 0.2) is 36.7 Å². The summed E-state index contributed by atoms with van der Waals surface area (Å²) in [4.78, 5) is 10.4. The number of pyridine rings is 2. The summed E-state index contributed by atoms with van der Waals surface area (Å²) in [6, 6.07) is 7.76. The molecule has 20 heavy (non-hydrogen) atoms. The summed E-state index contributed by atoms with van der Waals surface area (Å²) in [5.74, 6) is 0.660. The van der Waals surface area contributed by atoms with E-state index >= 15 is 0 Å². The van der Waals surface area contributed by atoms with Crippen LogP contribution in [0.3, 0.4) is 0 Å². The highest BCUT2D eigenvalue weighted by Gasteiger charge is 2.35. The molecule has 0 radical (unpaired) electrons. The van der Waals surface area contributed by atoms with Crippen molar-refractivity contribution in [3.8, 4) is 11.5 Å². The van der Waals surface area contributed by atoms with E-state index in [0.717, 1.165) is 31.8 Å². The van der Waals surface area contributed by atoms with Gasteiger partial charge < -0.3 is 0 Å². The van der Waals surface area contributed by atoms with E-state index in [-0.39, 0.29) is 0 Å². The molecule has 4 aromatic rings. The summed E-state index contributed by atoms with van der Waals surface area (Å²) >= 11 is 1.42. The number of aromatic nitrogens is 4. The van der Waals surface area contributed by atoms with Gasteiger partial charge in [-0.2, -0.15) is 0 Å². The van der Waals surface area contributed by atoms with Crippen molar-refractivity contribution in [1.82, 2.24) is 14.5 Å². The lowest BCUT2D eigenvalue weighted by Gasteiger charge is -1.92. The summed E-state index contributed by atoms with van der Waals surface area (Å²) in [7, 11) is 0. The van der Waals surface area contributed by atoms with Gasteiger partial charge in [-0.3, -0.25) is 0 Å². The minimum absolute atomic E-state index is 0.638. The van der Waals surface area contributed by atoms with Gasteiger partial charge in [-0.05, 0) is 18.2 Å². The summed E-state index contributed by atoms with van der Waals surface area (Å²) in [5.41, 5.74) is 2.73. The number of aryl methyl sites for hydroxylation is 1. The second-order valence-corrected chi connectivity index (χ2v) is 5.85. The number of hydrogen-bond acceptors (Lipinski definition) is 3. The summed E-state index contributed by atoms with van der Waals surface area (Å²) in [6.07, 6.45) is 3.44. The summed E-state index contributed by atoms with van der Waals surface area (Å²) in [5, 5.41) is 0.990. The maximum Gasteiger partial charge on any atom is 0.309 e. The number of thiophene rings is 1. The molecule has 0 aliphatic carbocycles. The average molecular weight is 282 g/mol. The van der Waals surface area contributed by atoms with Crippen LogP contribution in [-0.4, -0.2) is 14.5 Å². The SMILES string of the molecule is [2H]C([2H])([2H])[n+]1c2n(c3c4cccnc4sc31)Cc1cccnc1-2. The molecule has 0 unspecified atom stereocenters. The second-order valence-electron chi connectivity index (χ2n) is 4.87. The smallest absolute Gasteiger partial charge is 0.248 e. The van der Waals surface area contributed by atoms with Crippen molar-refractivity contribution < 1.29 is 8.68 Å². The first-order valence-corrected chi connectivity index (χ1v) is 7.14. The lowest BCUT2D eigenvalue weighted by atomic mass is 10.2. The quantitative estimate of drug-likeness (QED) is 0.409. The topological polar surface area (TPSA) is 34.6 Å². The largest absolute Gasteiger partial charge is 0.309 e. The molecule has 0 saturated carbocycles. The molecule has 1 aliphatic rings. The Labute approximate surface area is 123 Å². The Morgan fingerprint density at radius 3 is 3.15 bits per heavy atom. The molecular weight excluding hydrogens is 268 g/mol. The van der Waals surface area contributed by atoms with E-state index in [0.29, 0.717) is 12.4 Å². The Bertz CT molecular complexity index is 1090. The molecule has 0 N–H and O–H groups in total. The predicted molar refractivity (Wildman–Crippen MR) is 78.6 cm³/mol. The van der Waals surface area contributed by atoms with E-state index in [4.69, 9.17) is 4.11 Å². The maximum atomic E-state index is 8.00. The molecule has 0 fully saturated rings. The molecular formula is C15H11N4S+. The molecule has 0 saturated heterocycles. The van der Waals surface area contributed by atoms with Gasteiger partial charge in [0, 0.05) is 18.0 Å². The second kappa shape index (κ2) is 3.43. The van der Waals surface area contributed by atoms with E-state index < -0.39 is 6.98 Å². The van der Waals surface area contributed by atoms with Crippen molar-refractivity contribution >= 4 is 31.9 Å². The summed E-state index contributed by atoms with van der Waals surface area (Å²) < 4.78 is 27.5. The zero-order valence-electron chi connectivity index (χ0n) is 13.4. The van der Waals surface area contributed by atoms with Crippen molar-refractivity contribution in [2.24, 2.45) is 6.98 Å². The van der Waals surface area contributed by atoms with Crippen molar-refractivity contribution in [3.63, 3.8) is 0 Å². The third kappa shape index (κ3) is 1.10. The first-order valence-electron chi connectivity index (χ1n) is 7.82. The fourth-order valence-electron chi connectivity index (χ4n) is 2.97. The van der Waals surface area contributed by atoms with Crippen LogP contribution in [-0.2, 0) is 13.5 Å². The van der Waals surface area contributed by atoms with Crippen LogP contribution in [0, 0.1) is 0 Å². The van der Waals surface area contributed by atoms with E-state index in [1.54, 1.807) is 12.4 Å². The molecule has 5 rings (SSSR count). The van der Waals surface area contributed by atoms with Crippen LogP contribution in [0.1, 0.15) is 9.68 Å². The van der Waals surface area contributed by atoms with Crippen LogP contribution in [0.2, 0.25) is 0 Å². The molecule has 5 heterocycles. The van der Waals surface area contributed by atoms with E-state index in [2.05, 4.69) is 14.5 Å². The monoisotopic (exact) mass is 282 g/mol. The normalized spacial score (nSPS) is 15.9. The van der Waals surface area contributed by atoms with Gasteiger partial charge in [0.25, 0.3) is 0 Å². The number of fused-ring (bicyclic) bond motifs is 7. The Balaban J connectivity index is 2.01. The fraction of sp³-hybridized carbons (Fsp3) is 0.133. The molecule has 5 heteroatoms. The molecule has 1 aliphatic heterocycles. The van der Waals surface area contributed by atoms with Crippen LogP contribution >= 0.6 is 11.3 Å². The van der Waals surface area contributed by atoms with Gasteiger partial charge in [0.15, 0.2) is 11.2 Å². The third-order valence-electron chi connectivity index (χ3n) is 3.79. The van der Waals surface area contributed by atoms with E-state index in [1.807, 2.05) is 24.3 Å². The predicted octanol–water partition coefficient (Wildman–Crippen LogP) is 2.50. The van der Waals surface area contributed by atoms with Crippen LogP contribution < -0.4 is 4.57 Å². The highest BCUT2D eigenvalue weighted by atomic mass is 32.1. The van der Waals surface area contributed by atoms with E-state index in [9.17, 15) is 0 Å². The third-order valence-corrected chi connectivity index (χ3v) is 4.88. The Hall–Kier alpha value is -2.27. The van der Waals surface area contributed by atoms with Crippen LogP contribution in [0.4, 0.5) is 0 Å². The zero-order chi connectivity index (χ0) is 15.8. The minimum Gasteiger partial charge on any atom is -0.248 e. The molecule has 0 bridgehead atoms. The minimum atomic E-state index is -2.27. The van der Waals surface area contributed by atoms with Gasteiger partial charge >= 0.3 is 5.82 Å². The first-order chi connectivity index (χ1) is 11.1. The number of hydrogen-bond donors (Lipinski definition) is 0. The van der Waals surface area contributed by atoms with Crippen LogP contribution in [0.25, 0.3) is 32.1 Å². The Morgan fingerprint density at radius 1 is 1.30 bits per heavy atom. The van der Waals surface area contributed by atoms with Crippen molar-refractivity contribution in [2.45, 2.75) is 6.54 Å². The Kier molecular flexibility index (Phi) is 1.39. The van der Waals surface area contributed by atoms with Crippen molar-refractivity contribution in [1.29, 1.82) is 0 Å². The first kappa shape index (κ1) is 8.11. The average Bonchev–Trinajstić information content (AvgIpc) is 3.12. The standard InChI is InChI=1S/C15H11N4S/c1-18-14-11-9(4-2-6-16-11)8-19(14)12-10-5-3-7-17-13(10)20-15(12)18/h2-7H,8H2,1H3/q+1/i1D3. The highest BCUT2D eigenvalue weighted by Crippen LogP contribution is 2.38. The number of imidazole rings is 1. The number of nitrogens with zero attached hydrogens (tertiary/aromatic N) is 4. The van der Waals surface area contributed by atoms with Gasteiger partial charge in [-0.1, -0.05) is 17.4 Å². The van der Waals surface area contributed by atoms with Crippen LogP contribution in [0.5, 0.6) is 0 Å². The van der Waals surface area contributed by atoms with Gasteiger partial charge in [0.2, 0.25) is 4.83 Å². The van der Waals surface area contributed by atoms with E-state index in [1.165, 1.54) is 15.9 Å². The van der Waals surface area contributed by atoms with Crippen molar-refractivity contribution in [3.05, 3.63) is 42.2 Å². The van der Waals surface area contributed by atoms with Gasteiger partial charge in [0.1, 0.15) is 11.4 Å². The molecule has 96 valence electrons. The van der Waals surface area contributed by atoms with Gasteiger partial charge in [-0.15, -0.1) is 0 Å². The lowest BCUT2D eigenvalue weighted by Crippen LogP contribution is -2.28. The van der Waals surface area contributed by atoms with Gasteiger partial charge in [0.05, 0.1) is 16.5 Å². The van der Waals surface area contributed by atoms with Crippen molar-refractivity contribution in [2.75, 3.05) is 0 Å². The molecule has 0 aromatic carbocycles. The molecule has 4 nitrogen and oxygen atoms in total. The molecule has 0 spiro atoms. The highest BCUT2D eigenvalue weighted by molar-refractivity contribution is 7.24. The fourth-order valence-corrected chi connectivity index (χ4v) is 4.03. The zero-order valence-corrected chi connectivity index (χ0v) is 11.2. The number of rotatable bonds is 0. The van der Waals surface area contributed by atoms with Gasteiger partial charge in [-0.25, -0.2) is 19.1 Å². The molecule has 0 atom stereocenters. The maximum absolute atomic E-state index is 8.00. The Morgan fingerprint density at radius 2 is 2.20 bits per heavy atom. The molecule has 4 aromatic heterocycles. The lowest BCUT2D eigenvalue weighted by molar-refractivity contribution is -0.631. The molecule has 0 amide bonds.